The molecule has 2 heterocycles. The Balaban J connectivity index is 1.57. The quantitative estimate of drug-likeness (QED) is 0.513. The summed E-state index contributed by atoms with van der Waals surface area (Å²) in [5.74, 6) is 0.278. The maximum atomic E-state index is 11.7. The molecule has 113 valence electrons. The Hall–Kier alpha value is -0.960. The Morgan fingerprint density at radius 3 is 2.70 bits per heavy atom. The smallest absolute Gasteiger partial charge is 0.204 e. The zero-order valence-corrected chi connectivity index (χ0v) is 12.2. The second kappa shape index (κ2) is 7.16. The summed E-state index contributed by atoms with van der Waals surface area (Å²) in [4.78, 5) is 5.79. The number of nitrogens with zero attached hydrogens (tertiary/aromatic N) is 3. The Kier molecular flexibility index (Phi) is 5.53. The van der Waals surface area contributed by atoms with Gasteiger partial charge in [0.05, 0.1) is 31.0 Å². The Morgan fingerprint density at radius 1 is 1.30 bits per heavy atom. The van der Waals surface area contributed by atoms with E-state index in [1.54, 1.807) is 12.5 Å². The van der Waals surface area contributed by atoms with E-state index in [-0.39, 0.29) is 18.1 Å². The minimum absolute atomic E-state index is 0.139. The molecule has 1 saturated heterocycles. The maximum absolute atomic E-state index is 11.7. The summed E-state index contributed by atoms with van der Waals surface area (Å²) in [5, 5.41) is 11.7. The van der Waals surface area contributed by atoms with Gasteiger partial charge in [0.1, 0.15) is 0 Å². The lowest BCUT2D eigenvalue weighted by Crippen LogP contribution is -2.44. The molecule has 1 atom stereocenters. The third-order valence-corrected chi connectivity index (χ3v) is 4.88. The molecule has 2 rings (SSSR count). The first kappa shape index (κ1) is 15.4. The predicted molar refractivity (Wildman–Crippen MR) is 72.4 cm³/mol. The van der Waals surface area contributed by atoms with Crippen LogP contribution in [0.5, 0.6) is 0 Å². The fourth-order valence-corrected chi connectivity index (χ4v) is 3.35. The molecule has 0 aliphatic carbocycles. The van der Waals surface area contributed by atoms with E-state index in [2.05, 4.69) is 4.98 Å². The van der Waals surface area contributed by atoms with Crippen LogP contribution >= 0.6 is 0 Å². The van der Waals surface area contributed by atoms with Crippen LogP contribution in [-0.4, -0.2) is 66.9 Å². The minimum Gasteiger partial charge on any atom is -0.349 e. The second-order valence-corrected chi connectivity index (χ2v) is 7.21. The van der Waals surface area contributed by atoms with Crippen molar-refractivity contribution < 1.29 is 18.3 Å². The molecular weight excluding hydrogens is 282 g/mol. The molecule has 0 saturated carbocycles. The van der Waals surface area contributed by atoms with Crippen LogP contribution in [0.3, 0.4) is 0 Å². The Morgan fingerprint density at radius 2 is 2.05 bits per heavy atom. The summed E-state index contributed by atoms with van der Waals surface area (Å²) in [6, 6.07) is 0. The van der Waals surface area contributed by atoms with Gasteiger partial charge >= 0.3 is 0 Å². The molecule has 8 heteroatoms. The van der Waals surface area contributed by atoms with E-state index in [0.29, 0.717) is 19.7 Å². The third kappa shape index (κ3) is 5.20. The van der Waals surface area contributed by atoms with Gasteiger partial charge in [0.15, 0.2) is 9.84 Å². The molecule has 20 heavy (non-hydrogen) atoms. The zero-order valence-electron chi connectivity index (χ0n) is 11.3. The van der Waals surface area contributed by atoms with E-state index >= 15 is 0 Å². The molecule has 7 nitrogen and oxygen atoms in total. The molecule has 0 bridgehead atoms. The number of hydrogen-bond acceptors (Lipinski definition) is 5. The van der Waals surface area contributed by atoms with Gasteiger partial charge in [-0.25, -0.2) is 18.5 Å². The summed E-state index contributed by atoms with van der Waals surface area (Å²) in [7, 11) is -2.89. The van der Waals surface area contributed by atoms with Crippen LogP contribution < -0.4 is 0 Å². The predicted octanol–water partition coefficient (Wildman–Crippen LogP) is -0.223. The normalized spacial score (nSPS) is 20.9. The molecule has 1 aromatic heterocycles. The maximum Gasteiger partial charge on any atom is 0.204 e. The SMILES string of the molecule is [O]C(CN1CCS(=O)(=O)CC1)OCCCn1ccnc1. The van der Waals surface area contributed by atoms with E-state index in [0.717, 1.165) is 13.0 Å². The molecule has 1 radical (unpaired) electrons. The van der Waals surface area contributed by atoms with Gasteiger partial charge in [-0.15, -0.1) is 0 Å². The lowest BCUT2D eigenvalue weighted by molar-refractivity contribution is -0.151. The summed E-state index contributed by atoms with van der Waals surface area (Å²) < 4.78 is 29.7. The number of aryl methyl sites for hydroxylation is 1. The van der Waals surface area contributed by atoms with Crippen molar-refractivity contribution in [2.75, 3.05) is 37.7 Å². The van der Waals surface area contributed by atoms with Crippen molar-refractivity contribution in [2.45, 2.75) is 19.3 Å². The first-order valence-corrected chi connectivity index (χ1v) is 8.53. The molecular formula is C12H20N3O4S. The van der Waals surface area contributed by atoms with E-state index in [1.165, 1.54) is 0 Å². The fourth-order valence-electron chi connectivity index (χ4n) is 2.08. The highest BCUT2D eigenvalue weighted by atomic mass is 32.2. The highest BCUT2D eigenvalue weighted by Gasteiger charge is 2.23. The van der Waals surface area contributed by atoms with Gasteiger partial charge in [0.25, 0.3) is 0 Å². The summed E-state index contributed by atoms with van der Waals surface area (Å²) >= 11 is 0. The van der Waals surface area contributed by atoms with Crippen molar-refractivity contribution >= 4 is 9.84 Å². The molecule has 1 aromatic rings. The van der Waals surface area contributed by atoms with Gasteiger partial charge in [-0.3, -0.25) is 4.90 Å². The molecule has 1 aliphatic heterocycles. The lowest BCUT2D eigenvalue weighted by Gasteiger charge is -2.27. The van der Waals surface area contributed by atoms with Crippen LogP contribution in [0.15, 0.2) is 18.7 Å². The van der Waals surface area contributed by atoms with E-state index in [9.17, 15) is 13.5 Å². The van der Waals surface area contributed by atoms with Crippen LogP contribution in [-0.2, 0) is 26.2 Å². The summed E-state index contributed by atoms with van der Waals surface area (Å²) in [6.07, 6.45) is 4.94. The molecule has 1 unspecified atom stereocenters. The van der Waals surface area contributed by atoms with Gasteiger partial charge in [-0.1, -0.05) is 0 Å². The van der Waals surface area contributed by atoms with Crippen LogP contribution in [0.4, 0.5) is 0 Å². The van der Waals surface area contributed by atoms with Crippen LogP contribution in [0, 0.1) is 0 Å². The highest BCUT2D eigenvalue weighted by molar-refractivity contribution is 7.91. The van der Waals surface area contributed by atoms with Crippen LogP contribution in [0.1, 0.15) is 6.42 Å². The van der Waals surface area contributed by atoms with Gasteiger partial charge in [-0.05, 0) is 6.42 Å². The highest BCUT2D eigenvalue weighted by Crippen LogP contribution is 2.05. The van der Waals surface area contributed by atoms with Crippen molar-refractivity contribution in [3.8, 4) is 0 Å². The molecule has 0 aromatic carbocycles. The number of hydrogen-bond donors (Lipinski definition) is 0. The molecule has 1 aliphatic rings. The largest absolute Gasteiger partial charge is 0.349 e. The number of rotatable bonds is 7. The van der Waals surface area contributed by atoms with Crippen molar-refractivity contribution in [1.82, 2.24) is 14.5 Å². The average Bonchev–Trinajstić information content (AvgIpc) is 2.90. The van der Waals surface area contributed by atoms with Crippen molar-refractivity contribution in [1.29, 1.82) is 0 Å². The van der Waals surface area contributed by atoms with Crippen LogP contribution in [0.2, 0.25) is 0 Å². The van der Waals surface area contributed by atoms with Gasteiger partial charge in [-0.2, -0.15) is 0 Å². The number of imidazole rings is 1. The molecule has 0 spiro atoms. The van der Waals surface area contributed by atoms with E-state index in [1.807, 2.05) is 15.7 Å². The number of sulfone groups is 1. The average molecular weight is 302 g/mol. The first-order chi connectivity index (χ1) is 9.55. The van der Waals surface area contributed by atoms with Crippen molar-refractivity contribution in [3.63, 3.8) is 0 Å². The number of ether oxygens (including phenoxy) is 1. The summed E-state index contributed by atoms with van der Waals surface area (Å²) in [6.45, 7) is 2.28. The third-order valence-electron chi connectivity index (χ3n) is 3.27. The zero-order chi connectivity index (χ0) is 14.4. The van der Waals surface area contributed by atoms with Crippen molar-refractivity contribution in [2.24, 2.45) is 0 Å². The Bertz CT molecular complexity index is 475. The van der Waals surface area contributed by atoms with E-state index < -0.39 is 16.1 Å². The molecule has 0 amide bonds. The van der Waals surface area contributed by atoms with Crippen molar-refractivity contribution in [3.05, 3.63) is 18.7 Å². The summed E-state index contributed by atoms with van der Waals surface area (Å²) in [5.41, 5.74) is 0. The molecule has 0 N–H and O–H groups in total. The Labute approximate surface area is 119 Å². The standard InChI is InChI=1S/C12H20N3O4S/c16-12(10-14-5-8-20(17,18)9-6-14)19-7-1-3-15-4-2-13-11-15/h2,4,11-12H,1,3,5-10H2. The fraction of sp³-hybridized carbons (Fsp3) is 0.750. The van der Waals surface area contributed by atoms with Crippen LogP contribution in [0.25, 0.3) is 0 Å². The molecule has 1 fully saturated rings. The lowest BCUT2D eigenvalue weighted by atomic mass is 10.4. The first-order valence-electron chi connectivity index (χ1n) is 6.71. The minimum atomic E-state index is -2.89. The monoisotopic (exact) mass is 302 g/mol. The van der Waals surface area contributed by atoms with Gasteiger partial charge in [0.2, 0.25) is 6.29 Å². The topological polar surface area (TPSA) is 84.3 Å². The second-order valence-electron chi connectivity index (χ2n) is 4.91. The van der Waals surface area contributed by atoms with Gasteiger partial charge < -0.3 is 9.30 Å². The number of aromatic nitrogens is 2. The van der Waals surface area contributed by atoms with Gasteiger partial charge in [0, 0.05) is 32.0 Å². The van der Waals surface area contributed by atoms with E-state index in [4.69, 9.17) is 4.74 Å².